The van der Waals surface area contributed by atoms with Crippen LogP contribution in [0.1, 0.15) is 18.9 Å². The van der Waals surface area contributed by atoms with Crippen LogP contribution in [0.15, 0.2) is 22.7 Å². The molecule has 1 aromatic rings. The van der Waals surface area contributed by atoms with Crippen LogP contribution in [0.3, 0.4) is 0 Å². The third kappa shape index (κ3) is 3.50. The predicted molar refractivity (Wildman–Crippen MR) is 83.7 cm³/mol. The van der Waals surface area contributed by atoms with Crippen LogP contribution in [0.2, 0.25) is 0 Å². The molecule has 1 saturated heterocycles. The van der Waals surface area contributed by atoms with Crippen molar-refractivity contribution in [2.45, 2.75) is 26.0 Å². The van der Waals surface area contributed by atoms with E-state index in [1.165, 1.54) is 22.1 Å². The van der Waals surface area contributed by atoms with Crippen molar-refractivity contribution in [2.75, 3.05) is 32.1 Å². The van der Waals surface area contributed by atoms with Crippen LogP contribution in [0.25, 0.3) is 0 Å². The van der Waals surface area contributed by atoms with Gasteiger partial charge in [0.1, 0.15) is 0 Å². The second-order valence-corrected chi connectivity index (χ2v) is 6.16. The number of rotatable bonds is 4. The molecule has 1 fully saturated rings. The van der Waals surface area contributed by atoms with Gasteiger partial charge in [-0.3, -0.25) is 0 Å². The Morgan fingerprint density at radius 1 is 1.47 bits per heavy atom. The summed E-state index contributed by atoms with van der Waals surface area (Å²) in [6.07, 6.45) is 1.51. The highest BCUT2D eigenvalue weighted by molar-refractivity contribution is 9.10. The fourth-order valence-corrected chi connectivity index (χ4v) is 3.36. The number of hydrogen-bond acceptors (Lipinski definition) is 3. The second kappa shape index (κ2) is 6.73. The van der Waals surface area contributed by atoms with Gasteiger partial charge in [0.15, 0.2) is 0 Å². The van der Waals surface area contributed by atoms with Crippen LogP contribution in [-0.4, -0.2) is 33.4 Å². The van der Waals surface area contributed by atoms with Crippen LogP contribution < -0.4 is 10.2 Å². The third-order valence-corrected chi connectivity index (χ3v) is 4.56. The third-order valence-electron chi connectivity index (χ3n) is 3.93. The van der Waals surface area contributed by atoms with Crippen molar-refractivity contribution in [1.82, 2.24) is 5.32 Å². The summed E-state index contributed by atoms with van der Waals surface area (Å²) in [5.74, 6) is 0.642. The van der Waals surface area contributed by atoms with E-state index < -0.39 is 0 Å². The number of benzene rings is 1. The highest BCUT2D eigenvalue weighted by Gasteiger charge is 2.26. The molecule has 0 spiro atoms. The van der Waals surface area contributed by atoms with Gasteiger partial charge in [0, 0.05) is 31.2 Å². The average Bonchev–Trinajstić information content (AvgIpc) is 2.40. The summed E-state index contributed by atoms with van der Waals surface area (Å²) >= 11 is 3.70. The smallest absolute Gasteiger partial charge is 0.0772 e. The molecule has 0 radical (unpaired) electrons. The van der Waals surface area contributed by atoms with Gasteiger partial charge in [-0.15, -0.1) is 0 Å². The van der Waals surface area contributed by atoms with Crippen LogP contribution >= 0.6 is 15.9 Å². The average molecular weight is 327 g/mol. The Hall–Kier alpha value is -0.580. The quantitative estimate of drug-likeness (QED) is 0.920. The molecule has 0 aromatic heterocycles. The maximum absolute atomic E-state index is 5.59. The van der Waals surface area contributed by atoms with Crippen LogP contribution in [0.5, 0.6) is 0 Å². The fourth-order valence-electron chi connectivity index (χ4n) is 2.68. The largest absolute Gasteiger partial charge is 0.379 e. The van der Waals surface area contributed by atoms with Gasteiger partial charge in [-0.05, 0) is 53.0 Å². The Kier molecular flexibility index (Phi) is 5.25. The Bertz CT molecular complexity index is 425. The zero-order valence-electron chi connectivity index (χ0n) is 11.9. The first-order chi connectivity index (χ1) is 9.15. The molecule has 1 aliphatic rings. The van der Waals surface area contributed by atoms with E-state index in [0.29, 0.717) is 12.0 Å². The summed E-state index contributed by atoms with van der Waals surface area (Å²) in [5.41, 5.74) is 2.57. The van der Waals surface area contributed by atoms with E-state index in [1.54, 1.807) is 0 Å². The highest BCUT2D eigenvalue weighted by atomic mass is 79.9. The molecule has 2 rings (SSSR count). The molecule has 1 heterocycles. The number of methoxy groups -OCH3 is 1. The Morgan fingerprint density at radius 3 is 2.89 bits per heavy atom. The minimum atomic E-state index is 0.331. The molecular weight excluding hydrogens is 304 g/mol. The van der Waals surface area contributed by atoms with Crippen molar-refractivity contribution in [1.29, 1.82) is 0 Å². The van der Waals surface area contributed by atoms with Crippen LogP contribution in [0, 0.1) is 5.92 Å². The molecule has 19 heavy (non-hydrogen) atoms. The molecule has 4 heteroatoms. The molecule has 2 unspecified atom stereocenters. The standard InChI is InChI=1S/C15H23BrN2O/c1-11-6-7-18(10-15(11)19-3)14-5-4-12(9-17-2)8-13(14)16/h4-5,8,11,15,17H,6-7,9-10H2,1-3H3. The van der Waals surface area contributed by atoms with E-state index >= 15 is 0 Å². The van der Waals surface area contributed by atoms with Gasteiger partial charge in [0.2, 0.25) is 0 Å². The lowest BCUT2D eigenvalue weighted by Crippen LogP contribution is -2.44. The monoisotopic (exact) mass is 326 g/mol. The van der Waals surface area contributed by atoms with Gasteiger partial charge >= 0.3 is 0 Å². The van der Waals surface area contributed by atoms with Crippen molar-refractivity contribution in [3.8, 4) is 0 Å². The Labute approximate surface area is 124 Å². The molecule has 0 aliphatic carbocycles. The number of nitrogens with one attached hydrogen (secondary N) is 1. The molecule has 0 amide bonds. The minimum Gasteiger partial charge on any atom is -0.379 e. The zero-order valence-corrected chi connectivity index (χ0v) is 13.5. The number of ether oxygens (including phenoxy) is 1. The van der Waals surface area contributed by atoms with Gasteiger partial charge < -0.3 is 15.0 Å². The van der Waals surface area contributed by atoms with Crippen LogP contribution in [0.4, 0.5) is 5.69 Å². The van der Waals surface area contributed by atoms with E-state index in [0.717, 1.165) is 19.6 Å². The molecule has 2 atom stereocenters. The molecule has 3 nitrogen and oxygen atoms in total. The van der Waals surface area contributed by atoms with Gasteiger partial charge in [0.25, 0.3) is 0 Å². The summed E-state index contributed by atoms with van der Waals surface area (Å²) in [7, 11) is 3.78. The minimum absolute atomic E-state index is 0.331. The summed E-state index contributed by atoms with van der Waals surface area (Å²) in [6, 6.07) is 6.60. The molecule has 1 N–H and O–H groups in total. The topological polar surface area (TPSA) is 24.5 Å². The first kappa shape index (κ1) is 14.8. The Morgan fingerprint density at radius 2 is 2.26 bits per heavy atom. The summed E-state index contributed by atoms with van der Waals surface area (Å²) in [6.45, 7) is 5.25. The van der Waals surface area contributed by atoms with E-state index in [2.05, 4.69) is 51.3 Å². The zero-order chi connectivity index (χ0) is 13.8. The van der Waals surface area contributed by atoms with E-state index in [4.69, 9.17) is 4.74 Å². The van der Waals surface area contributed by atoms with Gasteiger partial charge in [0.05, 0.1) is 11.8 Å². The lowest BCUT2D eigenvalue weighted by molar-refractivity contribution is 0.0498. The predicted octanol–water partition coefficient (Wildman–Crippen LogP) is 3.03. The van der Waals surface area contributed by atoms with Gasteiger partial charge in [-0.1, -0.05) is 13.0 Å². The molecule has 0 bridgehead atoms. The lowest BCUT2D eigenvalue weighted by Gasteiger charge is -2.38. The molecule has 0 saturated carbocycles. The maximum atomic E-state index is 5.59. The number of nitrogens with zero attached hydrogens (tertiary/aromatic N) is 1. The first-order valence-electron chi connectivity index (χ1n) is 6.86. The second-order valence-electron chi connectivity index (χ2n) is 5.30. The first-order valence-corrected chi connectivity index (χ1v) is 7.65. The van der Waals surface area contributed by atoms with Crippen molar-refractivity contribution >= 4 is 21.6 Å². The summed E-state index contributed by atoms with van der Waals surface area (Å²) < 4.78 is 6.76. The van der Waals surface area contributed by atoms with Crippen molar-refractivity contribution in [3.05, 3.63) is 28.2 Å². The molecule has 106 valence electrons. The van der Waals surface area contributed by atoms with E-state index in [9.17, 15) is 0 Å². The maximum Gasteiger partial charge on any atom is 0.0772 e. The summed E-state index contributed by atoms with van der Waals surface area (Å²) in [5, 5.41) is 3.18. The molecule has 1 aliphatic heterocycles. The number of anilines is 1. The van der Waals surface area contributed by atoms with Crippen molar-refractivity contribution < 1.29 is 4.74 Å². The SMILES string of the molecule is CNCc1ccc(N2CCC(C)C(OC)C2)c(Br)c1. The van der Waals surface area contributed by atoms with E-state index in [-0.39, 0.29) is 0 Å². The number of piperidine rings is 1. The fraction of sp³-hybridized carbons (Fsp3) is 0.600. The van der Waals surface area contributed by atoms with Crippen LogP contribution in [-0.2, 0) is 11.3 Å². The van der Waals surface area contributed by atoms with E-state index in [1.807, 2.05) is 14.2 Å². The summed E-state index contributed by atoms with van der Waals surface area (Å²) in [4.78, 5) is 2.42. The Balaban J connectivity index is 2.13. The molecule has 1 aromatic carbocycles. The van der Waals surface area contributed by atoms with Crippen molar-refractivity contribution in [2.24, 2.45) is 5.92 Å². The number of halogens is 1. The van der Waals surface area contributed by atoms with Gasteiger partial charge in [-0.25, -0.2) is 0 Å². The lowest BCUT2D eigenvalue weighted by atomic mass is 9.95. The normalized spacial score (nSPS) is 23.7. The molecular formula is C15H23BrN2O. The van der Waals surface area contributed by atoms with Gasteiger partial charge in [-0.2, -0.15) is 0 Å². The van der Waals surface area contributed by atoms with Crippen molar-refractivity contribution in [3.63, 3.8) is 0 Å². The number of hydrogen-bond donors (Lipinski definition) is 1. The highest BCUT2D eigenvalue weighted by Crippen LogP contribution is 2.31.